The molecule has 1 aromatic heterocycles. The molecule has 10 heteroatoms. The Morgan fingerprint density at radius 3 is 2.50 bits per heavy atom. The number of thioether (sulfide) groups is 1. The summed E-state index contributed by atoms with van der Waals surface area (Å²) in [6, 6.07) is 20.1. The molecule has 2 heterocycles. The van der Waals surface area contributed by atoms with Crippen LogP contribution in [0.15, 0.2) is 91.4 Å². The lowest BCUT2D eigenvalue weighted by Gasteiger charge is -2.28. The number of para-hydroxylation sites is 2. The molecule has 0 saturated carbocycles. The molecule has 8 nitrogen and oxygen atoms in total. The topological polar surface area (TPSA) is 116 Å². The van der Waals surface area contributed by atoms with E-state index in [0.29, 0.717) is 44.9 Å². The van der Waals surface area contributed by atoms with Crippen LogP contribution >= 0.6 is 27.7 Å². The predicted octanol–water partition coefficient (Wildman–Crippen LogP) is 6.07. The second-order valence-electron chi connectivity index (χ2n) is 8.40. The summed E-state index contributed by atoms with van der Waals surface area (Å²) in [5, 5.41) is 19.6. The average molecular weight is 594 g/mol. The van der Waals surface area contributed by atoms with Gasteiger partial charge in [-0.15, -0.1) is 0 Å². The summed E-state index contributed by atoms with van der Waals surface area (Å²) in [5.74, 6) is 0.297. The molecule has 3 aromatic rings. The van der Waals surface area contributed by atoms with Crippen LogP contribution in [0.1, 0.15) is 24.4 Å². The summed E-state index contributed by atoms with van der Waals surface area (Å²) < 4.78 is 12.2. The van der Waals surface area contributed by atoms with Gasteiger partial charge in [-0.25, -0.2) is 0 Å². The quantitative estimate of drug-likeness (QED) is 0.291. The summed E-state index contributed by atoms with van der Waals surface area (Å²) in [5.41, 5.74) is 2.34. The molecule has 1 aliphatic heterocycles. The third-order valence-electron chi connectivity index (χ3n) is 5.77. The first-order valence-electron chi connectivity index (χ1n) is 11.6. The summed E-state index contributed by atoms with van der Waals surface area (Å²) >= 11 is 4.56. The number of methoxy groups -OCH3 is 1. The molecule has 2 amide bonds. The molecule has 1 unspecified atom stereocenters. The molecule has 0 bridgehead atoms. The van der Waals surface area contributed by atoms with Crippen LogP contribution in [-0.2, 0) is 9.59 Å². The van der Waals surface area contributed by atoms with Crippen LogP contribution in [0.3, 0.4) is 0 Å². The molecular formula is C28H25BrN4O4S. The molecule has 1 aliphatic rings. The molecule has 0 spiro atoms. The van der Waals surface area contributed by atoms with E-state index in [9.17, 15) is 14.9 Å². The van der Waals surface area contributed by atoms with E-state index in [0.717, 1.165) is 4.47 Å². The number of hydrogen-bond acceptors (Lipinski definition) is 7. The fourth-order valence-electron chi connectivity index (χ4n) is 4.03. The average Bonchev–Trinajstić information content (AvgIpc) is 3.34. The largest absolute Gasteiger partial charge is 0.495 e. The number of halogens is 1. The number of aryl methyl sites for hydroxylation is 1. The Kier molecular flexibility index (Phi) is 8.61. The van der Waals surface area contributed by atoms with Crippen LogP contribution in [0.4, 0.5) is 11.4 Å². The molecular weight excluding hydrogens is 568 g/mol. The fourth-order valence-corrected chi connectivity index (χ4v) is 5.18. The monoisotopic (exact) mass is 592 g/mol. The normalized spacial score (nSPS) is 15.0. The number of carbonyl (C=O) groups is 2. The highest BCUT2D eigenvalue weighted by atomic mass is 79.9. The molecule has 0 aliphatic carbocycles. The van der Waals surface area contributed by atoms with E-state index in [2.05, 4.69) is 37.9 Å². The van der Waals surface area contributed by atoms with Crippen molar-refractivity contribution in [2.75, 3.05) is 23.5 Å². The van der Waals surface area contributed by atoms with Crippen molar-refractivity contribution in [3.63, 3.8) is 0 Å². The van der Waals surface area contributed by atoms with Crippen molar-refractivity contribution < 1.29 is 18.7 Å². The highest BCUT2D eigenvalue weighted by molar-refractivity contribution is 9.10. The predicted molar refractivity (Wildman–Crippen MR) is 152 cm³/mol. The Morgan fingerprint density at radius 1 is 1.11 bits per heavy atom. The number of ether oxygens (including phenoxy) is 1. The van der Waals surface area contributed by atoms with Crippen molar-refractivity contribution in [2.45, 2.75) is 19.8 Å². The molecule has 0 fully saturated rings. The maximum atomic E-state index is 13.6. The molecule has 1 atom stereocenters. The Bertz CT molecular complexity index is 1470. The minimum absolute atomic E-state index is 0.0590. The van der Waals surface area contributed by atoms with E-state index >= 15 is 0 Å². The third-order valence-corrected chi connectivity index (χ3v) is 7.31. The van der Waals surface area contributed by atoms with Crippen molar-refractivity contribution in [3.8, 4) is 11.8 Å². The van der Waals surface area contributed by atoms with Crippen LogP contribution < -0.4 is 20.7 Å². The maximum absolute atomic E-state index is 13.6. The van der Waals surface area contributed by atoms with Gasteiger partial charge in [0.25, 0.3) is 5.91 Å². The Balaban J connectivity index is 1.61. The van der Waals surface area contributed by atoms with E-state index < -0.39 is 11.8 Å². The van der Waals surface area contributed by atoms with Crippen molar-refractivity contribution in [3.05, 3.63) is 98.5 Å². The summed E-state index contributed by atoms with van der Waals surface area (Å²) in [6.07, 6.45) is 0. The van der Waals surface area contributed by atoms with E-state index in [4.69, 9.17) is 9.15 Å². The minimum Gasteiger partial charge on any atom is -0.495 e. The van der Waals surface area contributed by atoms with E-state index in [1.807, 2.05) is 18.2 Å². The number of nitrogens with zero attached hydrogens (tertiary/aromatic N) is 1. The van der Waals surface area contributed by atoms with Crippen LogP contribution in [0, 0.1) is 18.3 Å². The number of nitriles is 1. The summed E-state index contributed by atoms with van der Waals surface area (Å²) in [6.45, 7) is 3.56. The summed E-state index contributed by atoms with van der Waals surface area (Å²) in [7, 11) is 1.53. The molecule has 194 valence electrons. The molecule has 38 heavy (non-hydrogen) atoms. The number of benzene rings is 2. The maximum Gasteiger partial charge on any atom is 0.254 e. The molecule has 0 saturated heterocycles. The minimum atomic E-state index is -0.762. The first kappa shape index (κ1) is 27.1. The number of dihydropyridines is 1. The lowest BCUT2D eigenvalue weighted by Crippen LogP contribution is -2.31. The Hall–Kier alpha value is -3.94. The number of allylic oxidation sites excluding steroid dienone is 2. The van der Waals surface area contributed by atoms with Crippen molar-refractivity contribution in [2.24, 2.45) is 0 Å². The highest BCUT2D eigenvalue weighted by Crippen LogP contribution is 2.42. The zero-order valence-corrected chi connectivity index (χ0v) is 23.3. The number of rotatable bonds is 8. The number of nitrogens with one attached hydrogen (secondary N) is 3. The van der Waals surface area contributed by atoms with Gasteiger partial charge < -0.3 is 25.1 Å². The number of amides is 2. The van der Waals surface area contributed by atoms with Crippen molar-refractivity contribution in [1.29, 1.82) is 5.26 Å². The van der Waals surface area contributed by atoms with Gasteiger partial charge in [0.2, 0.25) is 5.91 Å². The third kappa shape index (κ3) is 6.13. The van der Waals surface area contributed by atoms with Crippen LogP contribution in [0.2, 0.25) is 0 Å². The Labute approximate surface area is 233 Å². The van der Waals surface area contributed by atoms with Gasteiger partial charge in [0.1, 0.15) is 17.3 Å². The molecule has 2 aromatic carbocycles. The smallest absolute Gasteiger partial charge is 0.254 e. The number of anilines is 2. The van der Waals surface area contributed by atoms with Gasteiger partial charge >= 0.3 is 0 Å². The van der Waals surface area contributed by atoms with E-state index in [1.165, 1.54) is 18.9 Å². The highest BCUT2D eigenvalue weighted by Gasteiger charge is 2.37. The number of furan rings is 1. The van der Waals surface area contributed by atoms with Crippen molar-refractivity contribution in [1.82, 2.24) is 5.32 Å². The van der Waals surface area contributed by atoms with Gasteiger partial charge in [0.05, 0.1) is 46.7 Å². The molecule has 0 radical (unpaired) electrons. The van der Waals surface area contributed by atoms with Crippen LogP contribution in [0.5, 0.6) is 5.75 Å². The SMILES string of the molecule is COc1ccccc1NC(=O)C1=C(C)NC(SCC(=O)Nc2ccc(Br)cc2)=C(C#N)C1c1ccc(C)o1. The van der Waals surface area contributed by atoms with Gasteiger partial charge in [0.15, 0.2) is 0 Å². The second kappa shape index (κ2) is 12.1. The van der Waals surface area contributed by atoms with E-state index in [1.54, 1.807) is 56.3 Å². The fraction of sp³-hybridized carbons (Fsp3) is 0.179. The van der Waals surface area contributed by atoms with Gasteiger partial charge in [-0.05, 0) is 62.4 Å². The first-order valence-corrected chi connectivity index (χ1v) is 13.4. The van der Waals surface area contributed by atoms with Crippen LogP contribution in [0.25, 0.3) is 0 Å². The van der Waals surface area contributed by atoms with Gasteiger partial charge in [-0.2, -0.15) is 5.26 Å². The lowest BCUT2D eigenvalue weighted by molar-refractivity contribution is -0.114. The van der Waals surface area contributed by atoms with Gasteiger partial charge in [0, 0.05) is 15.9 Å². The Morgan fingerprint density at radius 2 is 1.84 bits per heavy atom. The number of carbonyl (C=O) groups excluding carboxylic acids is 2. The second-order valence-corrected chi connectivity index (χ2v) is 10.3. The lowest BCUT2D eigenvalue weighted by atomic mass is 9.85. The number of hydrogen-bond donors (Lipinski definition) is 3. The first-order chi connectivity index (χ1) is 18.3. The van der Waals surface area contributed by atoms with Crippen molar-refractivity contribution >= 4 is 50.9 Å². The zero-order valence-electron chi connectivity index (χ0n) is 20.9. The van der Waals surface area contributed by atoms with Gasteiger partial charge in [-0.1, -0.05) is 39.8 Å². The van der Waals surface area contributed by atoms with Gasteiger partial charge in [-0.3, -0.25) is 9.59 Å². The molecule has 3 N–H and O–H groups in total. The molecule has 4 rings (SSSR count). The standard InChI is InChI=1S/C28H25BrN4O4S/c1-16-8-13-23(37-16)26-20(14-30)28(38-15-24(34)32-19-11-9-18(29)10-12-19)31-17(2)25(26)27(35)33-21-6-4-5-7-22(21)36-3/h4-13,26,31H,15H2,1-3H3,(H,32,34)(H,33,35). The van der Waals surface area contributed by atoms with E-state index in [-0.39, 0.29) is 17.2 Å². The zero-order chi connectivity index (χ0) is 27.2. The summed E-state index contributed by atoms with van der Waals surface area (Å²) in [4.78, 5) is 26.2. The van der Waals surface area contributed by atoms with Crippen LogP contribution in [-0.4, -0.2) is 24.7 Å².